The Labute approximate surface area is 168 Å². The van der Waals surface area contributed by atoms with Gasteiger partial charge < -0.3 is 14.9 Å². The lowest BCUT2D eigenvalue weighted by Crippen LogP contribution is -2.58. The minimum atomic E-state index is -0.970. The normalized spacial score (nSPS) is 22.7. The van der Waals surface area contributed by atoms with Crippen LogP contribution in [0.4, 0.5) is 0 Å². The molecule has 1 aromatic carbocycles. The first-order valence-electron chi connectivity index (χ1n) is 9.05. The number of thiol groups is 1. The maximum absolute atomic E-state index is 12.9. The first kappa shape index (κ1) is 20.1. The molecule has 0 aliphatic carbocycles. The maximum atomic E-state index is 12.9. The Balaban J connectivity index is 1.77. The quantitative estimate of drug-likeness (QED) is 0.747. The van der Waals surface area contributed by atoms with Gasteiger partial charge in [0, 0.05) is 36.1 Å². The smallest absolute Gasteiger partial charge is 0.327 e. The molecule has 146 valence electrons. The standard InChI is InChI=1S/C19H24N2O4S2/c1-13(11-26)16(22)21-15(18(24)25)12-27-19(21)7-9-20(10-8-19)17(23)14-5-3-2-4-6-14/h2-6,13,15,26H,7-12H2,1H3,(H,24,25)/t13-,15+/m1/s1. The number of carbonyl (C=O) groups excluding carboxylic acids is 2. The molecule has 0 aromatic heterocycles. The van der Waals surface area contributed by atoms with Crippen molar-refractivity contribution in [3.05, 3.63) is 35.9 Å². The van der Waals surface area contributed by atoms with E-state index in [-0.39, 0.29) is 17.7 Å². The van der Waals surface area contributed by atoms with Crippen LogP contribution in [0.25, 0.3) is 0 Å². The van der Waals surface area contributed by atoms with Gasteiger partial charge in [0.25, 0.3) is 5.91 Å². The molecule has 0 radical (unpaired) electrons. The minimum Gasteiger partial charge on any atom is -0.480 e. The van der Waals surface area contributed by atoms with E-state index in [4.69, 9.17) is 0 Å². The van der Waals surface area contributed by atoms with Crippen LogP contribution in [0, 0.1) is 5.92 Å². The highest BCUT2D eigenvalue weighted by atomic mass is 32.2. The second-order valence-corrected chi connectivity index (χ2v) is 8.81. The van der Waals surface area contributed by atoms with Crippen molar-refractivity contribution in [2.24, 2.45) is 5.92 Å². The minimum absolute atomic E-state index is 0.0233. The third kappa shape index (κ3) is 3.82. The molecule has 2 aliphatic rings. The van der Waals surface area contributed by atoms with Crippen LogP contribution < -0.4 is 0 Å². The molecule has 8 heteroatoms. The van der Waals surface area contributed by atoms with Crippen molar-refractivity contribution < 1.29 is 19.5 Å². The van der Waals surface area contributed by atoms with E-state index in [0.717, 1.165) is 0 Å². The second-order valence-electron chi connectivity index (χ2n) is 7.06. The molecule has 3 rings (SSSR count). The van der Waals surface area contributed by atoms with Gasteiger partial charge in [0.05, 0.1) is 4.87 Å². The van der Waals surface area contributed by atoms with E-state index in [1.165, 1.54) is 11.8 Å². The molecular formula is C19H24N2O4S2. The Hall–Kier alpha value is -1.67. The Bertz CT molecular complexity index is 720. The van der Waals surface area contributed by atoms with Crippen LogP contribution in [0.5, 0.6) is 0 Å². The van der Waals surface area contributed by atoms with Gasteiger partial charge in [-0.05, 0) is 25.0 Å². The van der Waals surface area contributed by atoms with Gasteiger partial charge in [0.15, 0.2) is 0 Å². The largest absolute Gasteiger partial charge is 0.480 e. The third-order valence-corrected chi connectivity index (χ3v) is 7.50. The molecule has 2 aliphatic heterocycles. The average molecular weight is 409 g/mol. The number of amides is 2. The number of hydrogen-bond donors (Lipinski definition) is 2. The van der Waals surface area contributed by atoms with Gasteiger partial charge in [-0.3, -0.25) is 9.59 Å². The first-order valence-corrected chi connectivity index (χ1v) is 10.7. The molecule has 0 saturated carbocycles. The number of piperidine rings is 1. The van der Waals surface area contributed by atoms with E-state index in [9.17, 15) is 19.5 Å². The summed E-state index contributed by atoms with van der Waals surface area (Å²) in [6.45, 7) is 2.79. The summed E-state index contributed by atoms with van der Waals surface area (Å²) in [4.78, 5) is 40.1. The second kappa shape index (κ2) is 8.14. The molecule has 2 heterocycles. The van der Waals surface area contributed by atoms with E-state index in [2.05, 4.69) is 12.6 Å². The summed E-state index contributed by atoms with van der Waals surface area (Å²) in [5.74, 6) is -0.736. The monoisotopic (exact) mass is 408 g/mol. The van der Waals surface area contributed by atoms with Gasteiger partial charge >= 0.3 is 5.97 Å². The Morgan fingerprint density at radius 1 is 1.26 bits per heavy atom. The van der Waals surface area contributed by atoms with Crippen molar-refractivity contribution in [1.82, 2.24) is 9.80 Å². The Morgan fingerprint density at radius 3 is 2.44 bits per heavy atom. The number of carboxylic acid groups (broad SMARTS) is 1. The lowest BCUT2D eigenvalue weighted by molar-refractivity contribution is -0.153. The van der Waals surface area contributed by atoms with Crippen molar-refractivity contribution in [3.8, 4) is 0 Å². The summed E-state index contributed by atoms with van der Waals surface area (Å²) >= 11 is 5.75. The van der Waals surface area contributed by atoms with Crippen LogP contribution in [-0.2, 0) is 9.59 Å². The van der Waals surface area contributed by atoms with Crippen LogP contribution in [0.15, 0.2) is 30.3 Å². The molecule has 1 aromatic rings. The highest BCUT2D eigenvalue weighted by Gasteiger charge is 2.54. The predicted octanol–water partition coefficient (Wildman–Crippen LogP) is 2.21. The number of hydrogen-bond acceptors (Lipinski definition) is 5. The van der Waals surface area contributed by atoms with E-state index >= 15 is 0 Å². The van der Waals surface area contributed by atoms with Gasteiger partial charge in [0.1, 0.15) is 6.04 Å². The maximum Gasteiger partial charge on any atom is 0.327 e. The zero-order valence-electron chi connectivity index (χ0n) is 15.2. The van der Waals surface area contributed by atoms with Crippen molar-refractivity contribution in [2.45, 2.75) is 30.7 Å². The Kier molecular flexibility index (Phi) is 6.05. The van der Waals surface area contributed by atoms with E-state index in [1.807, 2.05) is 18.2 Å². The SMILES string of the molecule is C[C@H](CS)C(=O)N1[C@H](C(=O)O)CSC12CCN(C(=O)c1ccccc1)CC2. The molecule has 0 bridgehead atoms. The van der Waals surface area contributed by atoms with Crippen LogP contribution in [0.3, 0.4) is 0 Å². The molecule has 0 unspecified atom stereocenters. The molecule has 2 saturated heterocycles. The summed E-state index contributed by atoms with van der Waals surface area (Å²) in [5.41, 5.74) is 0.646. The topological polar surface area (TPSA) is 77.9 Å². The summed E-state index contributed by atoms with van der Waals surface area (Å²) in [7, 11) is 0. The number of thioether (sulfide) groups is 1. The van der Waals surface area contributed by atoms with Crippen molar-refractivity contribution in [3.63, 3.8) is 0 Å². The van der Waals surface area contributed by atoms with E-state index < -0.39 is 16.9 Å². The molecular weight excluding hydrogens is 384 g/mol. The molecule has 6 nitrogen and oxygen atoms in total. The lowest BCUT2D eigenvalue weighted by atomic mass is 9.98. The summed E-state index contributed by atoms with van der Waals surface area (Å²) < 4.78 is 0. The number of likely N-dealkylation sites (tertiary alicyclic amines) is 1. The van der Waals surface area contributed by atoms with Gasteiger partial charge in [0.2, 0.25) is 5.91 Å². The number of aliphatic carboxylic acids is 1. The lowest BCUT2D eigenvalue weighted by Gasteiger charge is -2.45. The van der Waals surface area contributed by atoms with Gasteiger partial charge in [-0.25, -0.2) is 4.79 Å². The summed E-state index contributed by atoms with van der Waals surface area (Å²) in [5, 5.41) is 9.60. The number of carboxylic acids is 1. The third-order valence-electron chi connectivity index (χ3n) is 5.33. The molecule has 2 atom stereocenters. The fourth-order valence-corrected chi connectivity index (χ4v) is 5.47. The van der Waals surface area contributed by atoms with E-state index in [0.29, 0.717) is 43.0 Å². The number of nitrogens with zero attached hydrogens (tertiary/aromatic N) is 2. The average Bonchev–Trinajstić information content (AvgIpc) is 3.06. The molecule has 2 amide bonds. The Morgan fingerprint density at radius 2 is 1.89 bits per heavy atom. The summed E-state index contributed by atoms with van der Waals surface area (Å²) in [6.07, 6.45) is 1.15. The van der Waals surface area contributed by atoms with Crippen molar-refractivity contribution in [2.75, 3.05) is 24.6 Å². The predicted molar refractivity (Wildman–Crippen MR) is 108 cm³/mol. The van der Waals surface area contributed by atoms with Crippen LogP contribution in [0.1, 0.15) is 30.1 Å². The van der Waals surface area contributed by atoms with Crippen molar-refractivity contribution >= 4 is 42.2 Å². The zero-order valence-corrected chi connectivity index (χ0v) is 16.9. The molecule has 1 spiro atoms. The fraction of sp³-hybridized carbons (Fsp3) is 0.526. The highest BCUT2D eigenvalue weighted by Crippen LogP contribution is 2.47. The van der Waals surface area contributed by atoms with E-state index in [1.54, 1.807) is 28.9 Å². The molecule has 1 N–H and O–H groups in total. The van der Waals surface area contributed by atoms with Gasteiger partial charge in [-0.2, -0.15) is 12.6 Å². The molecule has 2 fully saturated rings. The number of carbonyl (C=O) groups is 3. The van der Waals surface area contributed by atoms with Gasteiger partial charge in [-0.15, -0.1) is 11.8 Å². The van der Waals surface area contributed by atoms with Crippen LogP contribution in [0.2, 0.25) is 0 Å². The van der Waals surface area contributed by atoms with Gasteiger partial charge in [-0.1, -0.05) is 25.1 Å². The number of rotatable bonds is 4. The molecule has 27 heavy (non-hydrogen) atoms. The first-order chi connectivity index (χ1) is 12.9. The number of benzene rings is 1. The van der Waals surface area contributed by atoms with Crippen molar-refractivity contribution in [1.29, 1.82) is 0 Å². The zero-order chi connectivity index (χ0) is 19.6. The van der Waals surface area contributed by atoms with Crippen LogP contribution in [-0.4, -0.2) is 68.2 Å². The summed E-state index contributed by atoms with van der Waals surface area (Å²) in [6, 6.07) is 8.31. The van der Waals surface area contributed by atoms with Crippen LogP contribution >= 0.6 is 24.4 Å². The highest BCUT2D eigenvalue weighted by molar-refractivity contribution is 8.01. The fourth-order valence-electron chi connectivity index (χ4n) is 3.72.